The van der Waals surface area contributed by atoms with Crippen LogP contribution in [0.5, 0.6) is 0 Å². The monoisotopic (exact) mass is 416 g/mol. The molecule has 0 saturated carbocycles. The summed E-state index contributed by atoms with van der Waals surface area (Å²) in [5, 5.41) is 0.482. The number of hydrogen-bond acceptors (Lipinski definition) is 3. The zero-order valence-electron chi connectivity index (χ0n) is 17.8. The number of amides is 1. The molecule has 1 aliphatic heterocycles. The van der Waals surface area contributed by atoms with Gasteiger partial charge in [0.1, 0.15) is 5.70 Å². The number of anilines is 1. The molecule has 152 valence electrons. The average Bonchev–Trinajstić information content (AvgIpc) is 3.12. The smallest absolute Gasteiger partial charge is 0.281 e. The molecule has 1 saturated heterocycles. The zero-order chi connectivity index (χ0) is 21.6. The number of likely N-dealkylation sites (N-methyl/N-ethyl adjacent to an activating group) is 1. The highest BCUT2D eigenvalue weighted by Gasteiger charge is 2.37. The van der Waals surface area contributed by atoms with Crippen molar-refractivity contribution in [2.24, 2.45) is 0 Å². The van der Waals surface area contributed by atoms with Crippen LogP contribution < -0.4 is 4.90 Å². The van der Waals surface area contributed by atoms with Gasteiger partial charge < -0.3 is 9.47 Å². The van der Waals surface area contributed by atoms with Gasteiger partial charge in [-0.2, -0.15) is 0 Å². The van der Waals surface area contributed by atoms with Crippen molar-refractivity contribution in [3.05, 3.63) is 82.6 Å². The number of rotatable bonds is 3. The van der Waals surface area contributed by atoms with E-state index in [2.05, 4.69) is 22.5 Å². The Labute approximate surface area is 182 Å². The van der Waals surface area contributed by atoms with E-state index in [0.717, 1.165) is 33.9 Å². The van der Waals surface area contributed by atoms with E-state index in [1.54, 1.807) is 16.0 Å². The second-order valence-electron chi connectivity index (χ2n) is 7.65. The quantitative estimate of drug-likeness (QED) is 0.458. The Balaban J connectivity index is 1.75. The van der Waals surface area contributed by atoms with Gasteiger partial charge in [-0.1, -0.05) is 6.07 Å². The van der Waals surface area contributed by atoms with Gasteiger partial charge in [0, 0.05) is 24.6 Å². The molecule has 4 rings (SSSR count). The maximum Gasteiger partial charge on any atom is 0.281 e. The second-order valence-corrected chi connectivity index (χ2v) is 8.02. The average molecular weight is 417 g/mol. The molecule has 0 unspecified atom stereocenters. The van der Waals surface area contributed by atoms with Crippen molar-refractivity contribution < 1.29 is 4.79 Å². The van der Waals surface area contributed by atoms with Crippen molar-refractivity contribution in [2.75, 3.05) is 11.9 Å². The van der Waals surface area contributed by atoms with Gasteiger partial charge in [0.05, 0.1) is 17.6 Å². The Morgan fingerprint density at radius 1 is 1.00 bits per heavy atom. The lowest BCUT2D eigenvalue weighted by molar-refractivity contribution is -0.114. The summed E-state index contributed by atoms with van der Waals surface area (Å²) in [5.74, 6) is -0.114. The third-order valence-electron chi connectivity index (χ3n) is 5.68. The molecule has 5 nitrogen and oxygen atoms in total. The minimum Gasteiger partial charge on any atom is -0.317 e. The summed E-state index contributed by atoms with van der Waals surface area (Å²) in [4.78, 5) is 20.9. The number of benzene rings is 1. The van der Waals surface area contributed by atoms with Crippen LogP contribution in [0.3, 0.4) is 0 Å². The summed E-state index contributed by atoms with van der Waals surface area (Å²) in [7, 11) is 1.84. The van der Waals surface area contributed by atoms with Crippen LogP contribution in [-0.4, -0.2) is 32.5 Å². The lowest BCUT2D eigenvalue weighted by Crippen LogP contribution is -2.31. The summed E-state index contributed by atoms with van der Waals surface area (Å²) < 4.78 is 2.14. The van der Waals surface area contributed by atoms with Gasteiger partial charge in [-0.25, -0.2) is 0 Å². The molecule has 2 aromatic heterocycles. The maximum absolute atomic E-state index is 13.3. The third-order valence-corrected chi connectivity index (χ3v) is 6.13. The SMILES string of the molecule is Cc1ccc(N2C(=O)/C(=C\c3cc(C)n(-c4cccnc4)c3C)N(C)C2=S)cc1C. The third kappa shape index (κ3) is 3.23. The molecular formula is C24H24N4OS. The molecule has 0 spiro atoms. The maximum atomic E-state index is 13.3. The number of hydrogen-bond donors (Lipinski definition) is 0. The molecule has 1 fully saturated rings. The predicted octanol–water partition coefficient (Wildman–Crippen LogP) is 4.71. The van der Waals surface area contributed by atoms with Gasteiger partial charge in [0.25, 0.3) is 5.91 Å². The molecule has 1 aromatic carbocycles. The fourth-order valence-corrected chi connectivity index (χ4v) is 4.10. The Bertz CT molecular complexity index is 1190. The van der Waals surface area contributed by atoms with Crippen LogP contribution in [0.1, 0.15) is 28.1 Å². The Kier molecular flexibility index (Phi) is 5.03. The molecule has 0 bridgehead atoms. The van der Waals surface area contributed by atoms with Gasteiger partial charge in [0.15, 0.2) is 5.11 Å². The second kappa shape index (κ2) is 7.54. The van der Waals surface area contributed by atoms with Crippen molar-refractivity contribution in [2.45, 2.75) is 27.7 Å². The molecule has 3 heterocycles. The Morgan fingerprint density at radius 3 is 2.43 bits per heavy atom. The largest absolute Gasteiger partial charge is 0.317 e. The molecule has 3 aromatic rings. The van der Waals surface area contributed by atoms with Gasteiger partial charge in [-0.05, 0) is 93.0 Å². The van der Waals surface area contributed by atoms with Crippen LogP contribution in [0.25, 0.3) is 11.8 Å². The molecule has 0 N–H and O–H groups in total. The molecule has 30 heavy (non-hydrogen) atoms. The fraction of sp³-hybridized carbons (Fsp3) is 0.208. The van der Waals surface area contributed by atoms with Gasteiger partial charge in [0.2, 0.25) is 0 Å². The van der Waals surface area contributed by atoms with E-state index in [0.29, 0.717) is 10.8 Å². The molecule has 1 amide bonds. The highest BCUT2D eigenvalue weighted by molar-refractivity contribution is 7.80. The van der Waals surface area contributed by atoms with Crippen LogP contribution in [0.2, 0.25) is 0 Å². The normalized spacial score (nSPS) is 15.6. The number of carbonyl (C=O) groups excluding carboxylic acids is 1. The van der Waals surface area contributed by atoms with Gasteiger partial charge >= 0.3 is 0 Å². The first-order chi connectivity index (χ1) is 14.3. The van der Waals surface area contributed by atoms with Crippen LogP contribution in [0, 0.1) is 27.7 Å². The zero-order valence-corrected chi connectivity index (χ0v) is 18.6. The molecular weight excluding hydrogens is 392 g/mol. The van der Waals surface area contributed by atoms with E-state index < -0.39 is 0 Å². The molecule has 6 heteroatoms. The van der Waals surface area contributed by atoms with E-state index >= 15 is 0 Å². The first-order valence-corrected chi connectivity index (χ1v) is 10.2. The molecule has 0 aliphatic carbocycles. The summed E-state index contributed by atoms with van der Waals surface area (Å²) >= 11 is 5.61. The predicted molar refractivity (Wildman–Crippen MR) is 125 cm³/mol. The number of carbonyl (C=O) groups is 1. The number of nitrogens with zero attached hydrogens (tertiary/aromatic N) is 4. The summed E-state index contributed by atoms with van der Waals surface area (Å²) in [6, 6.07) is 12.0. The van der Waals surface area contributed by atoms with Gasteiger partial charge in [-0.15, -0.1) is 0 Å². The topological polar surface area (TPSA) is 41.4 Å². The standard InChI is InChI=1S/C24H24N4OS/c1-15-8-9-20(11-16(15)2)28-23(29)22(26(5)24(28)30)13-19-12-17(3)27(18(19)4)21-7-6-10-25-14-21/h6-14H,1-5H3/b22-13+. The number of aryl methyl sites for hydroxylation is 3. The molecule has 1 aliphatic rings. The lowest BCUT2D eigenvalue weighted by atomic mass is 10.1. The summed E-state index contributed by atoms with van der Waals surface area (Å²) in [6.45, 7) is 8.19. The van der Waals surface area contributed by atoms with Crippen molar-refractivity contribution >= 4 is 35.0 Å². The van der Waals surface area contributed by atoms with E-state index in [1.165, 1.54) is 5.56 Å². The van der Waals surface area contributed by atoms with Crippen LogP contribution in [0.4, 0.5) is 5.69 Å². The number of aromatic nitrogens is 2. The van der Waals surface area contributed by atoms with Crippen LogP contribution in [0.15, 0.2) is 54.5 Å². The summed E-state index contributed by atoms with van der Waals surface area (Å²) in [5.41, 5.74) is 7.77. The van der Waals surface area contributed by atoms with Crippen molar-refractivity contribution in [1.82, 2.24) is 14.5 Å². The fourth-order valence-electron chi connectivity index (χ4n) is 3.81. The van der Waals surface area contributed by atoms with E-state index in [-0.39, 0.29) is 5.91 Å². The highest BCUT2D eigenvalue weighted by Crippen LogP contribution is 2.30. The van der Waals surface area contributed by atoms with E-state index in [9.17, 15) is 4.79 Å². The Hall–Kier alpha value is -3.25. The van der Waals surface area contributed by atoms with Gasteiger partial charge in [-0.3, -0.25) is 14.7 Å². The number of thiocarbonyl (C=S) groups is 1. The van der Waals surface area contributed by atoms with E-state index in [1.807, 2.05) is 70.4 Å². The first kappa shape index (κ1) is 20.0. The molecule has 0 atom stereocenters. The first-order valence-electron chi connectivity index (χ1n) is 9.80. The summed E-state index contributed by atoms with van der Waals surface area (Å²) in [6.07, 6.45) is 5.51. The van der Waals surface area contributed by atoms with Crippen molar-refractivity contribution in [3.8, 4) is 5.69 Å². The van der Waals surface area contributed by atoms with E-state index in [4.69, 9.17) is 12.2 Å². The van der Waals surface area contributed by atoms with Crippen molar-refractivity contribution in [1.29, 1.82) is 0 Å². The Morgan fingerprint density at radius 2 is 1.77 bits per heavy atom. The highest BCUT2D eigenvalue weighted by atomic mass is 32.1. The number of pyridine rings is 1. The lowest BCUT2D eigenvalue weighted by Gasteiger charge is -2.17. The van der Waals surface area contributed by atoms with Crippen LogP contribution in [-0.2, 0) is 4.79 Å². The van der Waals surface area contributed by atoms with Crippen LogP contribution >= 0.6 is 12.2 Å². The molecule has 0 radical (unpaired) electrons. The minimum absolute atomic E-state index is 0.114. The van der Waals surface area contributed by atoms with Crippen molar-refractivity contribution in [3.63, 3.8) is 0 Å². The minimum atomic E-state index is -0.114.